The Hall–Kier alpha value is -3.72. The standard InChI is InChI=1S/C28H32N4O4S/c1-28(2,3)36-27(34)32-22(15-9-10-16-29-26(33)35-18-19-11-5-4-6-12-19)25-31-23-17-30-21-14-8-7-13-20(21)24(23)37-25/h4-8,11-14,17,22H,9-10,15-16,18H2,1-3H3,(H,29,33)(H,32,34)/t22-/m1/s1. The molecular formula is C28H32N4O4S. The molecule has 1 atom stereocenters. The number of aromatic nitrogens is 2. The molecule has 2 aromatic carbocycles. The molecule has 4 rings (SSSR count). The Bertz CT molecular complexity index is 1350. The lowest BCUT2D eigenvalue weighted by atomic mass is 10.1. The molecule has 0 fully saturated rings. The zero-order valence-electron chi connectivity index (χ0n) is 21.3. The number of para-hydroxylation sites is 1. The van der Waals surface area contributed by atoms with Crippen molar-refractivity contribution in [2.75, 3.05) is 6.54 Å². The summed E-state index contributed by atoms with van der Waals surface area (Å²) in [4.78, 5) is 33.9. The van der Waals surface area contributed by atoms with E-state index in [0.717, 1.165) is 44.5 Å². The number of alkyl carbamates (subject to hydrolysis) is 2. The van der Waals surface area contributed by atoms with Crippen LogP contribution in [0, 0.1) is 0 Å². The molecule has 194 valence electrons. The van der Waals surface area contributed by atoms with Gasteiger partial charge in [-0.25, -0.2) is 14.6 Å². The maximum Gasteiger partial charge on any atom is 0.408 e. The first-order chi connectivity index (χ1) is 17.8. The molecule has 4 aromatic rings. The molecule has 0 bridgehead atoms. The van der Waals surface area contributed by atoms with Crippen molar-refractivity contribution in [3.8, 4) is 0 Å². The molecule has 2 heterocycles. The van der Waals surface area contributed by atoms with Crippen molar-refractivity contribution in [2.45, 2.75) is 58.3 Å². The number of hydrogen-bond donors (Lipinski definition) is 2. The fourth-order valence-electron chi connectivity index (χ4n) is 3.83. The highest BCUT2D eigenvalue weighted by Crippen LogP contribution is 2.33. The zero-order valence-corrected chi connectivity index (χ0v) is 22.1. The van der Waals surface area contributed by atoms with E-state index in [1.54, 1.807) is 17.5 Å². The van der Waals surface area contributed by atoms with Crippen LogP contribution >= 0.6 is 11.3 Å². The summed E-state index contributed by atoms with van der Waals surface area (Å²) in [6.45, 7) is 6.20. The number of fused-ring (bicyclic) bond motifs is 3. The van der Waals surface area contributed by atoms with E-state index in [4.69, 9.17) is 14.5 Å². The van der Waals surface area contributed by atoms with Crippen molar-refractivity contribution in [3.05, 3.63) is 71.4 Å². The van der Waals surface area contributed by atoms with Gasteiger partial charge in [0.2, 0.25) is 0 Å². The minimum Gasteiger partial charge on any atom is -0.445 e. The van der Waals surface area contributed by atoms with Gasteiger partial charge in [-0.05, 0) is 51.7 Å². The molecule has 37 heavy (non-hydrogen) atoms. The smallest absolute Gasteiger partial charge is 0.408 e. The van der Waals surface area contributed by atoms with Crippen molar-refractivity contribution < 1.29 is 19.1 Å². The number of benzene rings is 2. The first-order valence-electron chi connectivity index (χ1n) is 12.4. The number of unbranched alkanes of at least 4 members (excludes halogenated alkanes) is 1. The van der Waals surface area contributed by atoms with E-state index in [9.17, 15) is 9.59 Å². The molecule has 2 amide bonds. The van der Waals surface area contributed by atoms with Crippen LogP contribution in [-0.4, -0.2) is 34.3 Å². The molecule has 2 N–H and O–H groups in total. The third-order valence-corrected chi connectivity index (χ3v) is 6.75. The molecule has 9 heteroatoms. The third-order valence-electron chi connectivity index (χ3n) is 5.54. The Kier molecular flexibility index (Phi) is 8.55. The molecule has 0 aliphatic rings. The topological polar surface area (TPSA) is 102 Å². The van der Waals surface area contributed by atoms with E-state index in [2.05, 4.69) is 15.6 Å². The second kappa shape index (κ2) is 12.0. The van der Waals surface area contributed by atoms with Crippen LogP contribution in [0.25, 0.3) is 21.1 Å². The maximum atomic E-state index is 12.6. The van der Waals surface area contributed by atoms with E-state index in [-0.39, 0.29) is 12.6 Å². The van der Waals surface area contributed by atoms with Crippen molar-refractivity contribution in [1.82, 2.24) is 20.6 Å². The molecular weight excluding hydrogens is 488 g/mol. The monoisotopic (exact) mass is 520 g/mol. The number of nitrogens with one attached hydrogen (secondary N) is 2. The van der Waals surface area contributed by atoms with E-state index < -0.39 is 17.8 Å². The summed E-state index contributed by atoms with van der Waals surface area (Å²) in [5, 5.41) is 7.62. The molecule has 0 aliphatic carbocycles. The van der Waals surface area contributed by atoms with Crippen LogP contribution in [0.15, 0.2) is 60.8 Å². The average Bonchev–Trinajstić information content (AvgIpc) is 3.31. The van der Waals surface area contributed by atoms with Gasteiger partial charge >= 0.3 is 12.2 Å². The van der Waals surface area contributed by atoms with Crippen LogP contribution in [0.4, 0.5) is 9.59 Å². The second-order valence-electron chi connectivity index (χ2n) is 9.72. The maximum absolute atomic E-state index is 12.6. The Morgan fingerprint density at radius 3 is 2.51 bits per heavy atom. The zero-order chi connectivity index (χ0) is 26.3. The predicted molar refractivity (Wildman–Crippen MR) is 146 cm³/mol. The Labute approximate surface area is 220 Å². The summed E-state index contributed by atoms with van der Waals surface area (Å²) < 4.78 is 11.8. The van der Waals surface area contributed by atoms with Crippen molar-refractivity contribution >= 4 is 44.6 Å². The summed E-state index contributed by atoms with van der Waals surface area (Å²) in [6.07, 6.45) is 2.97. The normalized spacial score (nSPS) is 12.3. The second-order valence-corrected chi connectivity index (χ2v) is 10.8. The Balaban J connectivity index is 1.36. The molecule has 0 spiro atoms. The quantitative estimate of drug-likeness (QED) is 0.244. The number of amides is 2. The summed E-state index contributed by atoms with van der Waals surface area (Å²) in [5.74, 6) is 0. The SMILES string of the molecule is CC(C)(C)OC(=O)N[C@H](CCCCNC(=O)OCc1ccccc1)c1nc2cnc3ccccc3c2s1. The van der Waals surface area contributed by atoms with Crippen LogP contribution in [0.3, 0.4) is 0 Å². The number of ether oxygens (including phenoxy) is 2. The van der Waals surface area contributed by atoms with Gasteiger partial charge in [0.05, 0.1) is 22.5 Å². The number of nitrogens with zero attached hydrogens (tertiary/aromatic N) is 2. The van der Waals surface area contributed by atoms with E-state index in [0.29, 0.717) is 13.0 Å². The number of hydrogen-bond acceptors (Lipinski definition) is 7. The number of thiazole rings is 1. The largest absolute Gasteiger partial charge is 0.445 e. The van der Waals surface area contributed by atoms with Crippen molar-refractivity contribution in [1.29, 1.82) is 0 Å². The third kappa shape index (κ3) is 7.63. The lowest BCUT2D eigenvalue weighted by molar-refractivity contribution is 0.0500. The van der Waals surface area contributed by atoms with Crippen LogP contribution in [0.1, 0.15) is 56.6 Å². The van der Waals surface area contributed by atoms with Gasteiger partial charge in [0.15, 0.2) is 0 Å². The Morgan fingerprint density at radius 2 is 1.73 bits per heavy atom. The van der Waals surface area contributed by atoms with E-state index in [1.165, 1.54) is 0 Å². The molecule has 2 aromatic heterocycles. The molecule has 0 saturated heterocycles. The van der Waals surface area contributed by atoms with Gasteiger partial charge in [-0.3, -0.25) is 4.98 Å². The lowest BCUT2D eigenvalue weighted by Gasteiger charge is -2.22. The minimum absolute atomic E-state index is 0.232. The highest BCUT2D eigenvalue weighted by Gasteiger charge is 2.23. The number of rotatable bonds is 9. The lowest BCUT2D eigenvalue weighted by Crippen LogP contribution is -2.35. The molecule has 8 nitrogen and oxygen atoms in total. The first-order valence-corrected chi connectivity index (χ1v) is 13.2. The van der Waals surface area contributed by atoms with Crippen molar-refractivity contribution in [3.63, 3.8) is 0 Å². The molecule has 0 unspecified atom stereocenters. The molecule has 0 radical (unpaired) electrons. The van der Waals surface area contributed by atoms with E-state index in [1.807, 2.05) is 75.4 Å². The molecule has 0 saturated carbocycles. The fourth-order valence-corrected chi connectivity index (χ4v) is 4.99. The summed E-state index contributed by atoms with van der Waals surface area (Å²) >= 11 is 1.56. The van der Waals surface area contributed by atoms with Gasteiger partial charge in [-0.15, -0.1) is 11.3 Å². The van der Waals surface area contributed by atoms with Gasteiger partial charge in [0.25, 0.3) is 0 Å². The fraction of sp³-hybridized carbons (Fsp3) is 0.357. The van der Waals surface area contributed by atoms with Crippen LogP contribution in [0.2, 0.25) is 0 Å². The Morgan fingerprint density at radius 1 is 0.973 bits per heavy atom. The number of pyridine rings is 1. The van der Waals surface area contributed by atoms with Gasteiger partial charge in [0.1, 0.15) is 22.7 Å². The highest BCUT2D eigenvalue weighted by molar-refractivity contribution is 7.19. The van der Waals surface area contributed by atoms with Crippen LogP contribution in [0.5, 0.6) is 0 Å². The summed E-state index contributed by atoms with van der Waals surface area (Å²) in [5.41, 5.74) is 2.05. The average molecular weight is 521 g/mol. The predicted octanol–water partition coefficient (Wildman–Crippen LogP) is 6.51. The minimum atomic E-state index is -0.605. The molecule has 0 aliphatic heterocycles. The number of carbonyl (C=O) groups is 2. The van der Waals surface area contributed by atoms with Crippen LogP contribution < -0.4 is 10.6 Å². The van der Waals surface area contributed by atoms with E-state index >= 15 is 0 Å². The summed E-state index contributed by atoms with van der Waals surface area (Å²) in [7, 11) is 0. The highest BCUT2D eigenvalue weighted by atomic mass is 32.1. The van der Waals surface area contributed by atoms with Gasteiger partial charge in [-0.1, -0.05) is 48.5 Å². The first kappa shape index (κ1) is 26.3. The summed E-state index contributed by atoms with van der Waals surface area (Å²) in [6, 6.07) is 17.2. The number of carbonyl (C=O) groups excluding carboxylic acids is 2. The van der Waals surface area contributed by atoms with Gasteiger partial charge in [-0.2, -0.15) is 0 Å². The van der Waals surface area contributed by atoms with Crippen LogP contribution in [-0.2, 0) is 16.1 Å². The van der Waals surface area contributed by atoms with Crippen molar-refractivity contribution in [2.24, 2.45) is 0 Å². The van der Waals surface area contributed by atoms with Gasteiger partial charge in [0, 0.05) is 11.9 Å². The van der Waals surface area contributed by atoms with Gasteiger partial charge < -0.3 is 20.1 Å².